The Balaban J connectivity index is 1.83. The van der Waals surface area contributed by atoms with Gasteiger partial charge in [0.25, 0.3) is 6.47 Å². The number of benzene rings is 2. The largest absolute Gasteiger partial charge is 0.493 e. The molecule has 2 aromatic carbocycles. The summed E-state index contributed by atoms with van der Waals surface area (Å²) in [7, 11) is 1.50. The number of methoxy groups -OCH3 is 1. The van der Waals surface area contributed by atoms with Crippen molar-refractivity contribution in [2.75, 3.05) is 7.11 Å². The fraction of sp³-hybridized carbons (Fsp3) is 0.188. The smallest absolute Gasteiger partial charge is 0.324 e. The van der Waals surface area contributed by atoms with Gasteiger partial charge in [-0.3, -0.25) is 4.79 Å². The highest BCUT2D eigenvalue weighted by Gasteiger charge is 2.23. The van der Waals surface area contributed by atoms with Crippen molar-refractivity contribution in [2.24, 2.45) is 0 Å². The molecule has 0 aliphatic carbocycles. The fourth-order valence-corrected chi connectivity index (χ4v) is 2.47. The third-order valence-corrected chi connectivity index (χ3v) is 3.59. The molecule has 0 atom stereocenters. The lowest BCUT2D eigenvalue weighted by molar-refractivity contribution is -0.120. The van der Waals surface area contributed by atoms with E-state index < -0.39 is 0 Å². The van der Waals surface area contributed by atoms with Crippen LogP contribution in [0.4, 0.5) is 0 Å². The predicted octanol–water partition coefficient (Wildman–Crippen LogP) is 2.38. The summed E-state index contributed by atoms with van der Waals surface area (Å²) in [5.74, 6) is 2.10. The van der Waals surface area contributed by atoms with Gasteiger partial charge in [0.1, 0.15) is 11.5 Å². The highest BCUT2D eigenvalue weighted by molar-refractivity contribution is 6.67. The summed E-state index contributed by atoms with van der Waals surface area (Å²) in [5, 5.41) is 0. The number of hydrogen-bond acceptors (Lipinski definition) is 5. The molecule has 0 saturated carbocycles. The lowest BCUT2D eigenvalue weighted by Gasteiger charge is -2.11. The van der Waals surface area contributed by atoms with Gasteiger partial charge in [-0.2, -0.15) is 0 Å². The number of carbonyl (C=O) groups excluding carboxylic acids is 1. The van der Waals surface area contributed by atoms with Crippen molar-refractivity contribution in [1.29, 1.82) is 0 Å². The van der Waals surface area contributed by atoms with Gasteiger partial charge in [0.05, 0.1) is 13.7 Å². The molecule has 1 aliphatic rings. The Morgan fingerprint density at radius 1 is 1.14 bits per heavy atom. The maximum absolute atomic E-state index is 10.4. The standard InChI is InChI=1S/C16H15BO5/c1-17-14-5-3-12(7-11(14)9-21-17)22-13-4-6-15(20-10-18)16(8-13)19-2/h3-8,10H,9H2,1-2H3. The summed E-state index contributed by atoms with van der Waals surface area (Å²) in [4.78, 5) is 10.4. The van der Waals surface area contributed by atoms with E-state index >= 15 is 0 Å². The number of carbonyl (C=O) groups is 1. The first-order valence-corrected chi connectivity index (χ1v) is 6.92. The van der Waals surface area contributed by atoms with Crippen LogP contribution in [0.15, 0.2) is 36.4 Å². The average Bonchev–Trinajstić information content (AvgIpc) is 2.90. The highest BCUT2D eigenvalue weighted by atomic mass is 16.5. The number of rotatable bonds is 5. The second-order valence-corrected chi connectivity index (χ2v) is 4.94. The normalized spacial score (nSPS) is 12.7. The minimum atomic E-state index is 0.129. The summed E-state index contributed by atoms with van der Waals surface area (Å²) in [6, 6.07) is 10.9. The molecular weight excluding hydrogens is 283 g/mol. The lowest BCUT2D eigenvalue weighted by Crippen LogP contribution is -2.23. The molecule has 1 aliphatic heterocycles. The molecule has 6 heteroatoms. The van der Waals surface area contributed by atoms with Crippen LogP contribution < -0.4 is 19.7 Å². The van der Waals surface area contributed by atoms with Gasteiger partial charge in [-0.1, -0.05) is 12.9 Å². The SMILES string of the molecule is COc1cc(Oc2ccc3c(c2)COB3C)ccc1OC=O. The third kappa shape index (κ3) is 2.78. The van der Waals surface area contributed by atoms with Crippen molar-refractivity contribution >= 4 is 18.9 Å². The van der Waals surface area contributed by atoms with Gasteiger partial charge in [-0.05, 0) is 35.3 Å². The van der Waals surface area contributed by atoms with Crippen molar-refractivity contribution in [2.45, 2.75) is 13.4 Å². The Hall–Kier alpha value is -2.47. The van der Waals surface area contributed by atoms with Gasteiger partial charge in [0, 0.05) is 6.07 Å². The molecule has 0 radical (unpaired) electrons. The topological polar surface area (TPSA) is 54.0 Å². The van der Waals surface area contributed by atoms with Gasteiger partial charge in [0.15, 0.2) is 11.5 Å². The van der Waals surface area contributed by atoms with Crippen LogP contribution in [0.5, 0.6) is 23.0 Å². The molecule has 112 valence electrons. The van der Waals surface area contributed by atoms with Crippen molar-refractivity contribution in [3.63, 3.8) is 0 Å². The second-order valence-electron chi connectivity index (χ2n) is 4.94. The first-order chi connectivity index (χ1) is 10.7. The molecule has 0 spiro atoms. The molecular formula is C16H15BO5. The molecule has 0 unspecified atom stereocenters. The van der Waals surface area contributed by atoms with E-state index in [0.29, 0.717) is 30.3 Å². The Labute approximate surface area is 128 Å². The van der Waals surface area contributed by atoms with Crippen LogP contribution in [0.25, 0.3) is 0 Å². The van der Waals surface area contributed by atoms with Gasteiger partial charge in [0.2, 0.25) is 0 Å². The molecule has 0 N–H and O–H groups in total. The number of hydrogen-bond donors (Lipinski definition) is 0. The van der Waals surface area contributed by atoms with Gasteiger partial charge in [-0.15, -0.1) is 0 Å². The van der Waals surface area contributed by atoms with Crippen LogP contribution in [0, 0.1) is 0 Å². The van der Waals surface area contributed by atoms with Gasteiger partial charge in [-0.25, -0.2) is 0 Å². The van der Waals surface area contributed by atoms with Crippen LogP contribution in [0.2, 0.25) is 6.82 Å². The van der Waals surface area contributed by atoms with Crippen LogP contribution >= 0.6 is 0 Å². The van der Waals surface area contributed by atoms with Crippen molar-refractivity contribution in [3.8, 4) is 23.0 Å². The minimum Gasteiger partial charge on any atom is -0.493 e. The number of ether oxygens (including phenoxy) is 3. The quantitative estimate of drug-likeness (QED) is 0.626. The van der Waals surface area contributed by atoms with E-state index in [1.807, 2.05) is 25.0 Å². The molecule has 0 saturated heterocycles. The number of fused-ring (bicyclic) bond motifs is 1. The van der Waals surface area contributed by atoms with E-state index in [0.717, 1.165) is 11.3 Å². The molecule has 22 heavy (non-hydrogen) atoms. The first-order valence-electron chi connectivity index (χ1n) is 6.92. The van der Waals surface area contributed by atoms with Gasteiger partial charge >= 0.3 is 6.92 Å². The highest BCUT2D eigenvalue weighted by Crippen LogP contribution is 2.33. The van der Waals surface area contributed by atoms with Crippen LogP contribution in [0.3, 0.4) is 0 Å². The maximum Gasteiger partial charge on any atom is 0.324 e. The zero-order valence-corrected chi connectivity index (χ0v) is 12.4. The van der Waals surface area contributed by atoms with Crippen LogP contribution in [-0.2, 0) is 16.1 Å². The summed E-state index contributed by atoms with van der Waals surface area (Å²) >= 11 is 0. The summed E-state index contributed by atoms with van der Waals surface area (Å²) in [5.41, 5.74) is 2.33. The summed E-state index contributed by atoms with van der Waals surface area (Å²) < 4.78 is 21.4. The zero-order valence-electron chi connectivity index (χ0n) is 12.4. The summed E-state index contributed by atoms with van der Waals surface area (Å²) in [6.45, 7) is 3.12. The second kappa shape index (κ2) is 6.11. The van der Waals surface area contributed by atoms with Crippen molar-refractivity contribution in [3.05, 3.63) is 42.0 Å². The van der Waals surface area contributed by atoms with E-state index in [1.54, 1.807) is 18.2 Å². The van der Waals surface area contributed by atoms with E-state index in [9.17, 15) is 4.79 Å². The Morgan fingerprint density at radius 3 is 2.68 bits per heavy atom. The molecule has 3 rings (SSSR count). The Bertz CT molecular complexity index is 701. The molecule has 0 amide bonds. The van der Waals surface area contributed by atoms with Crippen LogP contribution in [-0.4, -0.2) is 20.5 Å². The lowest BCUT2D eigenvalue weighted by atomic mass is 9.64. The summed E-state index contributed by atoms with van der Waals surface area (Å²) in [6.07, 6.45) is 0. The molecule has 0 bridgehead atoms. The fourth-order valence-electron chi connectivity index (χ4n) is 2.47. The minimum absolute atomic E-state index is 0.129. The first kappa shape index (κ1) is 14.5. The van der Waals surface area contributed by atoms with E-state index in [4.69, 9.17) is 18.9 Å². The molecule has 2 aromatic rings. The zero-order chi connectivity index (χ0) is 15.5. The van der Waals surface area contributed by atoms with Crippen LogP contribution in [0.1, 0.15) is 5.56 Å². The van der Waals surface area contributed by atoms with Crippen molar-refractivity contribution < 1.29 is 23.7 Å². The van der Waals surface area contributed by atoms with Crippen molar-refractivity contribution in [1.82, 2.24) is 0 Å². The predicted molar refractivity (Wildman–Crippen MR) is 82.2 cm³/mol. The average molecular weight is 298 g/mol. The Morgan fingerprint density at radius 2 is 1.91 bits per heavy atom. The van der Waals surface area contributed by atoms with E-state index in [-0.39, 0.29) is 6.92 Å². The van der Waals surface area contributed by atoms with Gasteiger partial charge < -0.3 is 18.9 Å². The molecule has 5 nitrogen and oxygen atoms in total. The Kier molecular flexibility index (Phi) is 4.02. The monoisotopic (exact) mass is 298 g/mol. The third-order valence-electron chi connectivity index (χ3n) is 3.59. The molecule has 0 fully saturated rings. The maximum atomic E-state index is 10.4. The van der Waals surface area contributed by atoms with E-state index in [1.165, 1.54) is 12.6 Å². The molecule has 1 heterocycles. The molecule has 0 aromatic heterocycles. The van der Waals surface area contributed by atoms with E-state index in [2.05, 4.69) is 0 Å².